The fourth-order valence-corrected chi connectivity index (χ4v) is 5.48. The second-order valence-corrected chi connectivity index (χ2v) is 10.6. The van der Waals surface area contributed by atoms with Crippen LogP contribution in [0.3, 0.4) is 0 Å². The van der Waals surface area contributed by atoms with Crippen molar-refractivity contribution in [1.82, 2.24) is 14.3 Å². The van der Waals surface area contributed by atoms with Crippen LogP contribution in [0.1, 0.15) is 16.1 Å². The van der Waals surface area contributed by atoms with Crippen LogP contribution in [0.15, 0.2) is 69.8 Å². The van der Waals surface area contributed by atoms with Gasteiger partial charge in [-0.15, -0.1) is 11.3 Å². The summed E-state index contributed by atoms with van der Waals surface area (Å²) < 4.78 is 30.9. The number of nitrogens with one attached hydrogen (secondary N) is 1. The number of thiazole rings is 1. The number of anilines is 2. The lowest BCUT2D eigenvalue weighted by Gasteiger charge is -2.19. The molecule has 2 aromatic carbocycles. The van der Waals surface area contributed by atoms with Crippen LogP contribution in [0.25, 0.3) is 5.69 Å². The molecule has 2 aromatic heterocycles. The van der Waals surface area contributed by atoms with Gasteiger partial charge in [0.25, 0.3) is 21.5 Å². The van der Waals surface area contributed by atoms with Crippen LogP contribution in [-0.2, 0) is 17.1 Å². The van der Waals surface area contributed by atoms with E-state index >= 15 is 0 Å². The van der Waals surface area contributed by atoms with Gasteiger partial charge >= 0.3 is 0 Å². The molecular formula is C22H20ClN5O4S2. The molecular weight excluding hydrogens is 498 g/mol. The number of sulfonamides is 1. The molecule has 0 atom stereocenters. The molecule has 0 unspecified atom stereocenters. The van der Waals surface area contributed by atoms with E-state index in [0.717, 1.165) is 4.31 Å². The molecule has 0 saturated carbocycles. The molecule has 0 aliphatic heterocycles. The number of halogens is 1. The van der Waals surface area contributed by atoms with Gasteiger partial charge in [0, 0.05) is 25.7 Å². The Labute approximate surface area is 204 Å². The van der Waals surface area contributed by atoms with Gasteiger partial charge in [0.05, 0.1) is 26.9 Å². The van der Waals surface area contributed by atoms with E-state index in [2.05, 4.69) is 10.3 Å². The highest BCUT2D eigenvalue weighted by atomic mass is 35.5. The second kappa shape index (κ2) is 9.09. The Kier molecular flexibility index (Phi) is 6.34. The van der Waals surface area contributed by atoms with E-state index in [-0.39, 0.29) is 21.2 Å². The number of carbonyl (C=O) groups excluding carboxylic acids is 1. The Bertz CT molecular complexity index is 1530. The molecule has 0 spiro atoms. The molecule has 0 aliphatic rings. The largest absolute Gasteiger partial charge is 0.298 e. The number of rotatable bonds is 6. The number of aromatic nitrogens is 3. The molecule has 9 nitrogen and oxygen atoms in total. The van der Waals surface area contributed by atoms with Crippen molar-refractivity contribution in [3.63, 3.8) is 0 Å². The van der Waals surface area contributed by atoms with E-state index in [1.54, 1.807) is 48.3 Å². The summed E-state index contributed by atoms with van der Waals surface area (Å²) in [7, 11) is -1.22. The van der Waals surface area contributed by atoms with Gasteiger partial charge in [0.1, 0.15) is 5.69 Å². The predicted molar refractivity (Wildman–Crippen MR) is 133 cm³/mol. The first-order valence-electron chi connectivity index (χ1n) is 9.96. The summed E-state index contributed by atoms with van der Waals surface area (Å²) in [5.41, 5.74) is 0.527. The van der Waals surface area contributed by atoms with Crippen molar-refractivity contribution in [3.8, 4) is 5.69 Å². The zero-order chi connectivity index (χ0) is 24.6. The second-order valence-electron chi connectivity index (χ2n) is 7.32. The van der Waals surface area contributed by atoms with Crippen molar-refractivity contribution in [3.05, 3.63) is 86.7 Å². The minimum atomic E-state index is -4.20. The molecule has 4 rings (SSSR count). The number of benzene rings is 2. The SMILES string of the molecule is Cc1c(N(C)S(=O)(=O)c2ccc(Cl)c(C(=O)Nc3nccs3)c2)c(=O)n(-c2ccccc2)n1C. The summed E-state index contributed by atoms with van der Waals surface area (Å²) >= 11 is 7.39. The van der Waals surface area contributed by atoms with Crippen molar-refractivity contribution in [1.29, 1.82) is 0 Å². The average molecular weight is 518 g/mol. The van der Waals surface area contributed by atoms with Gasteiger partial charge in [0.15, 0.2) is 5.13 Å². The molecule has 12 heteroatoms. The highest BCUT2D eigenvalue weighted by molar-refractivity contribution is 7.92. The lowest BCUT2D eigenvalue weighted by molar-refractivity contribution is 0.102. The minimum absolute atomic E-state index is 0.00455. The third-order valence-corrected chi connectivity index (χ3v) is 8.10. The van der Waals surface area contributed by atoms with E-state index in [9.17, 15) is 18.0 Å². The van der Waals surface area contributed by atoms with Gasteiger partial charge in [0.2, 0.25) is 0 Å². The Morgan fingerprint density at radius 1 is 1.18 bits per heavy atom. The van der Waals surface area contributed by atoms with Crippen LogP contribution in [0.4, 0.5) is 10.8 Å². The number of amides is 1. The van der Waals surface area contributed by atoms with Crippen molar-refractivity contribution in [2.45, 2.75) is 11.8 Å². The Hall–Kier alpha value is -3.41. The normalized spacial score (nSPS) is 11.4. The van der Waals surface area contributed by atoms with E-state index in [0.29, 0.717) is 16.5 Å². The van der Waals surface area contributed by atoms with Crippen molar-refractivity contribution < 1.29 is 13.2 Å². The molecule has 1 amide bonds. The van der Waals surface area contributed by atoms with E-state index < -0.39 is 21.5 Å². The van der Waals surface area contributed by atoms with Crippen molar-refractivity contribution >= 4 is 49.7 Å². The Morgan fingerprint density at radius 3 is 2.53 bits per heavy atom. The number of nitrogens with zero attached hydrogens (tertiary/aromatic N) is 4. The maximum atomic E-state index is 13.5. The summed E-state index contributed by atoms with van der Waals surface area (Å²) in [4.78, 5) is 29.8. The molecule has 2 heterocycles. The molecule has 0 aliphatic carbocycles. The maximum Gasteiger partial charge on any atom is 0.296 e. The summed E-state index contributed by atoms with van der Waals surface area (Å²) in [6, 6.07) is 12.7. The zero-order valence-corrected chi connectivity index (χ0v) is 20.8. The first kappa shape index (κ1) is 23.7. The van der Waals surface area contributed by atoms with Crippen LogP contribution in [-0.4, -0.2) is 35.7 Å². The quantitative estimate of drug-likeness (QED) is 0.420. The van der Waals surface area contributed by atoms with Crippen LogP contribution in [0.5, 0.6) is 0 Å². The average Bonchev–Trinajstić information content (AvgIpc) is 3.40. The first-order valence-corrected chi connectivity index (χ1v) is 12.7. The van der Waals surface area contributed by atoms with Gasteiger partial charge in [-0.3, -0.25) is 23.9 Å². The smallest absolute Gasteiger partial charge is 0.296 e. The third kappa shape index (κ3) is 4.13. The highest BCUT2D eigenvalue weighted by Crippen LogP contribution is 2.27. The van der Waals surface area contributed by atoms with E-state index in [1.165, 1.54) is 47.5 Å². The minimum Gasteiger partial charge on any atom is -0.298 e. The Balaban J connectivity index is 1.75. The van der Waals surface area contributed by atoms with Gasteiger partial charge in [-0.25, -0.2) is 18.1 Å². The van der Waals surface area contributed by atoms with Gasteiger partial charge in [-0.2, -0.15) is 0 Å². The highest BCUT2D eigenvalue weighted by Gasteiger charge is 2.29. The van der Waals surface area contributed by atoms with E-state index in [4.69, 9.17) is 11.6 Å². The lowest BCUT2D eigenvalue weighted by atomic mass is 10.2. The number of para-hydroxylation sites is 1. The number of hydrogen-bond acceptors (Lipinski definition) is 6. The Morgan fingerprint density at radius 2 is 1.88 bits per heavy atom. The summed E-state index contributed by atoms with van der Waals surface area (Å²) in [6.07, 6.45) is 1.53. The maximum absolute atomic E-state index is 13.5. The number of carbonyl (C=O) groups is 1. The number of hydrogen-bond donors (Lipinski definition) is 1. The summed E-state index contributed by atoms with van der Waals surface area (Å²) in [5.74, 6) is -0.595. The predicted octanol–water partition coefficient (Wildman–Crippen LogP) is 3.67. The molecule has 0 bridgehead atoms. The van der Waals surface area contributed by atoms with Crippen LogP contribution in [0.2, 0.25) is 5.02 Å². The van der Waals surface area contributed by atoms with Gasteiger partial charge < -0.3 is 0 Å². The standard InChI is InChI=1S/C22H20ClN5O4S2/c1-14-19(21(30)28(26(14)2)15-7-5-4-6-8-15)27(3)34(31,32)16-9-10-18(23)17(13-16)20(29)25-22-24-11-12-33-22/h4-13H,1-3H3,(H,24,25,29). The van der Waals surface area contributed by atoms with Crippen LogP contribution in [0, 0.1) is 6.92 Å². The topological polar surface area (TPSA) is 106 Å². The third-order valence-electron chi connectivity index (χ3n) is 5.33. The first-order chi connectivity index (χ1) is 16.1. The molecule has 0 saturated heterocycles. The monoisotopic (exact) mass is 517 g/mol. The fraction of sp³-hybridized carbons (Fsp3) is 0.136. The van der Waals surface area contributed by atoms with Crippen LogP contribution < -0.4 is 15.2 Å². The van der Waals surface area contributed by atoms with Gasteiger partial charge in [-0.1, -0.05) is 29.8 Å². The molecule has 0 fully saturated rings. The molecule has 34 heavy (non-hydrogen) atoms. The summed E-state index contributed by atoms with van der Waals surface area (Å²) in [6.45, 7) is 1.66. The lowest BCUT2D eigenvalue weighted by Crippen LogP contribution is -2.32. The summed E-state index contributed by atoms with van der Waals surface area (Å²) in [5, 5.41) is 4.71. The van der Waals surface area contributed by atoms with Crippen molar-refractivity contribution in [2.75, 3.05) is 16.7 Å². The molecule has 1 N–H and O–H groups in total. The fourth-order valence-electron chi connectivity index (χ4n) is 3.48. The van der Waals surface area contributed by atoms with E-state index in [1.807, 2.05) is 6.07 Å². The van der Waals surface area contributed by atoms with Gasteiger partial charge in [-0.05, 0) is 37.3 Å². The van der Waals surface area contributed by atoms with Crippen molar-refractivity contribution in [2.24, 2.45) is 7.05 Å². The molecule has 176 valence electrons. The molecule has 0 radical (unpaired) electrons. The van der Waals surface area contributed by atoms with Crippen LogP contribution >= 0.6 is 22.9 Å². The zero-order valence-electron chi connectivity index (χ0n) is 18.4. The molecule has 4 aromatic rings.